The van der Waals surface area contributed by atoms with Gasteiger partial charge in [0, 0.05) is 7.11 Å². The summed E-state index contributed by atoms with van der Waals surface area (Å²) in [5.41, 5.74) is 3.45. The summed E-state index contributed by atoms with van der Waals surface area (Å²) < 4.78 is 21.7. The molecule has 0 saturated heterocycles. The van der Waals surface area contributed by atoms with Crippen LogP contribution in [0.15, 0.2) is 65.7 Å². The molecule has 8 nitrogen and oxygen atoms in total. The second-order valence-corrected chi connectivity index (χ2v) is 7.03. The molecule has 9 heteroatoms. The third-order valence-corrected chi connectivity index (χ3v) is 4.98. The van der Waals surface area contributed by atoms with Crippen molar-refractivity contribution in [2.75, 3.05) is 7.11 Å². The van der Waals surface area contributed by atoms with Crippen molar-refractivity contribution in [3.63, 3.8) is 0 Å². The highest BCUT2D eigenvalue weighted by Crippen LogP contribution is 2.28. The topological polar surface area (TPSA) is 87.2 Å². The van der Waals surface area contributed by atoms with Gasteiger partial charge < -0.3 is 4.74 Å². The van der Waals surface area contributed by atoms with Gasteiger partial charge in [0.05, 0.1) is 24.4 Å². The van der Waals surface area contributed by atoms with E-state index in [0.29, 0.717) is 29.1 Å². The van der Waals surface area contributed by atoms with Crippen molar-refractivity contribution in [3.8, 4) is 11.1 Å². The van der Waals surface area contributed by atoms with Crippen molar-refractivity contribution in [2.45, 2.75) is 13.2 Å². The largest absolute Gasteiger partial charge is 0.378 e. The van der Waals surface area contributed by atoms with Gasteiger partial charge in [0.15, 0.2) is 16.8 Å². The van der Waals surface area contributed by atoms with Crippen LogP contribution in [0.4, 0.5) is 4.39 Å². The molecule has 0 atom stereocenters. The van der Waals surface area contributed by atoms with Crippen molar-refractivity contribution in [1.82, 2.24) is 29.4 Å². The Hall–Kier alpha value is -3.98. The Morgan fingerprint density at radius 1 is 1.00 bits per heavy atom. The fraction of sp³-hybridized carbons (Fsp3) is 0.136. The molecule has 2 aromatic carbocycles. The number of methoxy groups -OCH3 is 1. The standard InChI is InChI=1S/C22H17FN6O2/c1-31-12-17-18(15-7-9-16(23)10-8-15)20-26-25-19-21(29(20)27-17)24-13-28(22(19)30)11-14-5-3-2-4-6-14/h2-10,13H,11-12H2,1H3. The molecule has 0 unspecified atom stereocenters. The molecule has 0 aliphatic carbocycles. The van der Waals surface area contributed by atoms with Gasteiger partial charge in [-0.2, -0.15) is 9.61 Å². The van der Waals surface area contributed by atoms with Crippen molar-refractivity contribution < 1.29 is 9.13 Å². The Labute approximate surface area is 175 Å². The van der Waals surface area contributed by atoms with Crippen LogP contribution in [0, 0.1) is 5.82 Å². The highest BCUT2D eigenvalue weighted by atomic mass is 19.1. The summed E-state index contributed by atoms with van der Waals surface area (Å²) in [6, 6.07) is 15.6. The quantitative estimate of drug-likeness (QED) is 0.438. The fourth-order valence-corrected chi connectivity index (χ4v) is 3.55. The van der Waals surface area contributed by atoms with E-state index < -0.39 is 0 Å². The first-order valence-electron chi connectivity index (χ1n) is 9.58. The number of aromatic nitrogens is 6. The molecule has 0 bridgehead atoms. The highest BCUT2D eigenvalue weighted by Gasteiger charge is 2.20. The van der Waals surface area contributed by atoms with Crippen LogP contribution < -0.4 is 5.56 Å². The van der Waals surface area contributed by atoms with Gasteiger partial charge in [0.1, 0.15) is 12.1 Å². The Bertz CT molecular complexity index is 1440. The SMILES string of the molecule is COCc1nn2c(nnc3c(=O)n(Cc4ccccc4)cnc32)c1-c1ccc(F)cc1. The minimum absolute atomic E-state index is 0.114. The van der Waals surface area contributed by atoms with Crippen LogP contribution in [0.1, 0.15) is 11.3 Å². The Balaban J connectivity index is 1.70. The maximum Gasteiger partial charge on any atom is 0.283 e. The number of rotatable bonds is 5. The van der Waals surface area contributed by atoms with Gasteiger partial charge in [0.25, 0.3) is 5.56 Å². The molecule has 5 aromatic rings. The molecule has 0 aliphatic rings. The Morgan fingerprint density at radius 3 is 2.52 bits per heavy atom. The minimum atomic E-state index is -0.342. The Morgan fingerprint density at radius 2 is 1.77 bits per heavy atom. The van der Waals surface area contributed by atoms with Crippen molar-refractivity contribution in [1.29, 1.82) is 0 Å². The van der Waals surface area contributed by atoms with E-state index in [-0.39, 0.29) is 23.5 Å². The molecule has 0 amide bonds. The second-order valence-electron chi connectivity index (χ2n) is 7.03. The van der Waals surface area contributed by atoms with Gasteiger partial charge >= 0.3 is 0 Å². The normalized spacial score (nSPS) is 11.4. The molecule has 31 heavy (non-hydrogen) atoms. The monoisotopic (exact) mass is 416 g/mol. The van der Waals surface area contributed by atoms with Gasteiger partial charge in [-0.1, -0.05) is 42.5 Å². The molecule has 0 fully saturated rings. The summed E-state index contributed by atoms with van der Waals surface area (Å²) in [6.45, 7) is 0.583. The molecule has 3 heterocycles. The maximum atomic E-state index is 13.4. The van der Waals surface area contributed by atoms with E-state index >= 15 is 0 Å². The van der Waals surface area contributed by atoms with Gasteiger partial charge in [-0.05, 0) is 23.3 Å². The third kappa shape index (κ3) is 3.34. The number of halogens is 1. The first kappa shape index (κ1) is 19.0. The van der Waals surface area contributed by atoms with E-state index in [4.69, 9.17) is 4.74 Å². The van der Waals surface area contributed by atoms with E-state index in [0.717, 1.165) is 11.1 Å². The van der Waals surface area contributed by atoms with Crippen LogP contribution in [0.3, 0.4) is 0 Å². The summed E-state index contributed by atoms with van der Waals surface area (Å²) >= 11 is 0. The van der Waals surface area contributed by atoms with Gasteiger partial charge in [-0.15, -0.1) is 10.2 Å². The van der Waals surface area contributed by atoms with Gasteiger partial charge in [-0.25, -0.2) is 9.37 Å². The number of fused-ring (bicyclic) bond motifs is 3. The number of benzene rings is 2. The molecule has 5 rings (SSSR count). The molecule has 154 valence electrons. The zero-order chi connectivity index (χ0) is 21.4. The van der Waals surface area contributed by atoms with Crippen molar-refractivity contribution in [2.24, 2.45) is 0 Å². The van der Waals surface area contributed by atoms with E-state index in [9.17, 15) is 9.18 Å². The van der Waals surface area contributed by atoms with E-state index in [2.05, 4.69) is 20.3 Å². The van der Waals surface area contributed by atoms with E-state index in [1.807, 2.05) is 30.3 Å². The lowest BCUT2D eigenvalue weighted by Gasteiger charge is -2.06. The number of hydrogen-bond acceptors (Lipinski definition) is 6. The molecule has 3 aromatic heterocycles. The average molecular weight is 416 g/mol. The van der Waals surface area contributed by atoms with Crippen molar-refractivity contribution >= 4 is 16.8 Å². The predicted molar refractivity (Wildman–Crippen MR) is 112 cm³/mol. The smallest absolute Gasteiger partial charge is 0.283 e. The molecule has 0 saturated carbocycles. The molecule has 0 spiro atoms. The predicted octanol–water partition coefficient (Wildman–Crippen LogP) is 2.83. The van der Waals surface area contributed by atoms with Gasteiger partial charge in [-0.3, -0.25) is 9.36 Å². The maximum absolute atomic E-state index is 13.4. The van der Waals surface area contributed by atoms with Crippen LogP contribution in [0.5, 0.6) is 0 Å². The summed E-state index contributed by atoms with van der Waals surface area (Å²) in [5, 5.41) is 13.0. The third-order valence-electron chi connectivity index (χ3n) is 4.98. The lowest BCUT2D eigenvalue weighted by Crippen LogP contribution is -2.23. The number of nitrogens with zero attached hydrogens (tertiary/aromatic N) is 6. The molecule has 0 N–H and O–H groups in total. The van der Waals surface area contributed by atoms with Crippen LogP contribution >= 0.6 is 0 Å². The zero-order valence-corrected chi connectivity index (χ0v) is 16.6. The summed E-state index contributed by atoms with van der Waals surface area (Å²) in [6.07, 6.45) is 1.48. The lowest BCUT2D eigenvalue weighted by molar-refractivity contribution is 0.181. The fourth-order valence-electron chi connectivity index (χ4n) is 3.55. The van der Waals surface area contributed by atoms with Crippen LogP contribution in [-0.2, 0) is 17.9 Å². The molecule has 0 aliphatic heterocycles. The summed E-state index contributed by atoms with van der Waals surface area (Å²) in [7, 11) is 1.56. The van der Waals surface area contributed by atoms with Crippen LogP contribution in [0.2, 0.25) is 0 Å². The molecule has 0 radical (unpaired) electrons. The van der Waals surface area contributed by atoms with E-state index in [1.165, 1.54) is 27.5 Å². The molecular formula is C22H17FN6O2. The van der Waals surface area contributed by atoms with E-state index in [1.54, 1.807) is 19.2 Å². The Kier molecular flexibility index (Phi) is 4.72. The average Bonchev–Trinajstić information content (AvgIpc) is 3.15. The second kappa shape index (κ2) is 7.69. The first-order valence-corrected chi connectivity index (χ1v) is 9.58. The van der Waals surface area contributed by atoms with Gasteiger partial charge in [0.2, 0.25) is 0 Å². The summed E-state index contributed by atoms with van der Waals surface area (Å²) in [4.78, 5) is 17.5. The van der Waals surface area contributed by atoms with Crippen molar-refractivity contribution in [3.05, 3.63) is 88.4 Å². The lowest BCUT2D eigenvalue weighted by atomic mass is 10.1. The highest BCUT2D eigenvalue weighted by molar-refractivity contribution is 5.83. The summed E-state index contributed by atoms with van der Waals surface area (Å²) in [5.74, 6) is -0.342. The zero-order valence-electron chi connectivity index (χ0n) is 16.6. The van der Waals surface area contributed by atoms with Crippen LogP contribution in [-0.4, -0.2) is 36.5 Å². The van der Waals surface area contributed by atoms with Crippen LogP contribution in [0.25, 0.3) is 27.9 Å². The minimum Gasteiger partial charge on any atom is -0.378 e. The number of ether oxygens (including phenoxy) is 1. The molecular weight excluding hydrogens is 399 g/mol. The first-order chi connectivity index (χ1) is 15.2. The number of hydrogen-bond donors (Lipinski definition) is 0.